The van der Waals surface area contributed by atoms with Gasteiger partial charge in [0.05, 0.1) is 12.7 Å². The quantitative estimate of drug-likeness (QED) is 0.726. The fraction of sp³-hybridized carbons (Fsp3) is 0.263. The summed E-state index contributed by atoms with van der Waals surface area (Å²) in [7, 11) is 1.54. The molecule has 2 heterocycles. The predicted octanol–water partition coefficient (Wildman–Crippen LogP) is 2.42. The van der Waals surface area contributed by atoms with Crippen molar-refractivity contribution in [2.24, 2.45) is 0 Å². The molecular weight excluding hydrogens is 380 g/mol. The number of carbonyl (C=O) groups is 3. The minimum Gasteiger partial charge on any atom is -0.497 e. The first-order valence-corrected chi connectivity index (χ1v) is 9.39. The zero-order valence-corrected chi connectivity index (χ0v) is 16.1. The summed E-state index contributed by atoms with van der Waals surface area (Å²) in [5.74, 6) is -0.414. The molecule has 1 unspecified atom stereocenters. The van der Waals surface area contributed by atoms with Gasteiger partial charge in [-0.15, -0.1) is 11.3 Å². The number of thiophene rings is 1. The van der Waals surface area contributed by atoms with Gasteiger partial charge in [-0.3, -0.25) is 14.5 Å². The maximum atomic E-state index is 13.1. The number of nitrogens with zero attached hydrogens (tertiary/aromatic N) is 2. The Hall–Kier alpha value is -3.38. The third kappa shape index (κ3) is 3.30. The molecule has 0 aliphatic carbocycles. The van der Waals surface area contributed by atoms with E-state index < -0.39 is 29.9 Å². The van der Waals surface area contributed by atoms with E-state index in [4.69, 9.17) is 10.00 Å². The lowest BCUT2D eigenvalue weighted by Crippen LogP contribution is -2.44. The number of hydrogen-bond donors (Lipinski definition) is 2. The number of anilines is 1. The molecule has 3 rings (SSSR count). The van der Waals surface area contributed by atoms with E-state index in [1.54, 1.807) is 49.7 Å². The van der Waals surface area contributed by atoms with E-state index in [2.05, 4.69) is 10.6 Å². The average molecular weight is 398 g/mol. The highest BCUT2D eigenvalue weighted by Crippen LogP contribution is 2.33. The molecule has 0 spiro atoms. The van der Waals surface area contributed by atoms with E-state index in [0.717, 1.165) is 4.90 Å². The van der Waals surface area contributed by atoms with Gasteiger partial charge in [0.2, 0.25) is 5.91 Å². The van der Waals surface area contributed by atoms with Crippen molar-refractivity contribution in [2.75, 3.05) is 19.0 Å². The second-order valence-electron chi connectivity index (χ2n) is 6.13. The minimum atomic E-state index is -1.23. The lowest BCUT2D eigenvalue weighted by atomic mass is 9.87. The van der Waals surface area contributed by atoms with E-state index in [1.165, 1.54) is 11.3 Å². The van der Waals surface area contributed by atoms with Gasteiger partial charge >= 0.3 is 6.03 Å². The van der Waals surface area contributed by atoms with E-state index >= 15 is 0 Å². The van der Waals surface area contributed by atoms with Gasteiger partial charge in [-0.05, 0) is 35.6 Å². The number of ether oxygens (including phenoxy) is 1. The number of benzene rings is 1. The molecule has 1 aliphatic rings. The number of rotatable bonds is 6. The zero-order chi connectivity index (χ0) is 20.3. The van der Waals surface area contributed by atoms with Crippen molar-refractivity contribution in [1.29, 1.82) is 5.26 Å². The highest BCUT2D eigenvalue weighted by molar-refractivity contribution is 7.14. The lowest BCUT2D eigenvalue weighted by Gasteiger charge is -2.25. The maximum absolute atomic E-state index is 13.1. The summed E-state index contributed by atoms with van der Waals surface area (Å²) in [6.07, 6.45) is 0.325. The van der Waals surface area contributed by atoms with Crippen LogP contribution >= 0.6 is 11.3 Å². The van der Waals surface area contributed by atoms with Crippen LogP contribution in [0.4, 0.5) is 9.80 Å². The minimum absolute atomic E-state index is 0.325. The molecule has 1 fully saturated rings. The zero-order valence-electron chi connectivity index (χ0n) is 15.3. The van der Waals surface area contributed by atoms with Gasteiger partial charge in [-0.2, -0.15) is 5.26 Å². The molecule has 0 radical (unpaired) electrons. The first-order valence-electron chi connectivity index (χ1n) is 8.51. The van der Waals surface area contributed by atoms with Gasteiger partial charge in [-0.25, -0.2) is 4.79 Å². The Morgan fingerprint density at radius 2 is 2.04 bits per heavy atom. The van der Waals surface area contributed by atoms with Crippen molar-refractivity contribution in [3.8, 4) is 11.8 Å². The molecule has 1 aromatic heterocycles. The van der Waals surface area contributed by atoms with Crippen molar-refractivity contribution < 1.29 is 19.1 Å². The molecule has 2 aromatic rings. The summed E-state index contributed by atoms with van der Waals surface area (Å²) < 4.78 is 5.13. The van der Waals surface area contributed by atoms with Crippen LogP contribution in [0, 0.1) is 11.3 Å². The number of hydrogen-bond acceptors (Lipinski definition) is 6. The Labute approximate surface area is 165 Å². The van der Waals surface area contributed by atoms with Crippen LogP contribution in [0.5, 0.6) is 5.75 Å². The molecule has 144 valence electrons. The van der Waals surface area contributed by atoms with Crippen molar-refractivity contribution in [3.05, 3.63) is 46.8 Å². The summed E-state index contributed by atoms with van der Waals surface area (Å²) in [5.41, 5.74) is -0.288. The third-order valence-corrected chi connectivity index (χ3v) is 5.46. The van der Waals surface area contributed by atoms with Gasteiger partial charge < -0.3 is 15.4 Å². The molecule has 0 bridgehead atoms. The summed E-state index contributed by atoms with van der Waals surface area (Å²) >= 11 is 1.20. The Morgan fingerprint density at radius 3 is 2.64 bits per heavy atom. The molecule has 28 heavy (non-hydrogen) atoms. The highest BCUT2D eigenvalue weighted by Gasteiger charge is 2.51. The number of carbonyl (C=O) groups excluding carboxylic acids is 3. The molecule has 4 amide bonds. The molecule has 1 aliphatic heterocycles. The van der Waals surface area contributed by atoms with Crippen LogP contribution in [0.3, 0.4) is 0 Å². The van der Waals surface area contributed by atoms with Gasteiger partial charge in [0.25, 0.3) is 5.91 Å². The fourth-order valence-electron chi connectivity index (χ4n) is 3.09. The fourth-order valence-corrected chi connectivity index (χ4v) is 3.84. The average Bonchev–Trinajstić information content (AvgIpc) is 3.25. The van der Waals surface area contributed by atoms with Crippen LogP contribution in [0.25, 0.3) is 0 Å². The van der Waals surface area contributed by atoms with Gasteiger partial charge in [-0.1, -0.05) is 19.1 Å². The maximum Gasteiger partial charge on any atom is 0.325 e. The monoisotopic (exact) mass is 398 g/mol. The van der Waals surface area contributed by atoms with Crippen LogP contribution in [-0.4, -0.2) is 36.4 Å². The van der Waals surface area contributed by atoms with Crippen LogP contribution in [-0.2, 0) is 15.1 Å². The predicted molar refractivity (Wildman–Crippen MR) is 103 cm³/mol. The largest absolute Gasteiger partial charge is 0.497 e. The van der Waals surface area contributed by atoms with E-state index in [-0.39, 0.29) is 0 Å². The number of amides is 4. The number of urea groups is 1. The van der Waals surface area contributed by atoms with Crippen molar-refractivity contribution in [3.63, 3.8) is 0 Å². The van der Waals surface area contributed by atoms with E-state index in [1.807, 2.05) is 6.07 Å². The molecule has 9 heteroatoms. The SMILES string of the molecule is CCC1(c2ccc(OC)cc2)NC(=O)N(CC(=O)Nc2sccc2C#N)C1=O. The van der Waals surface area contributed by atoms with E-state index in [0.29, 0.717) is 28.3 Å². The van der Waals surface area contributed by atoms with Crippen LogP contribution in [0.1, 0.15) is 24.5 Å². The van der Waals surface area contributed by atoms with Crippen molar-refractivity contribution in [2.45, 2.75) is 18.9 Å². The van der Waals surface area contributed by atoms with Crippen molar-refractivity contribution in [1.82, 2.24) is 10.2 Å². The topological polar surface area (TPSA) is 112 Å². The van der Waals surface area contributed by atoms with Gasteiger partial charge in [0.1, 0.15) is 28.9 Å². The van der Waals surface area contributed by atoms with Crippen molar-refractivity contribution >= 4 is 34.2 Å². The molecular formula is C19H18N4O4S. The Bertz CT molecular complexity index is 963. The number of methoxy groups -OCH3 is 1. The van der Waals surface area contributed by atoms with E-state index in [9.17, 15) is 14.4 Å². The smallest absolute Gasteiger partial charge is 0.325 e. The molecule has 0 saturated carbocycles. The summed E-state index contributed by atoms with van der Waals surface area (Å²) in [6.45, 7) is 1.35. The van der Waals surface area contributed by atoms with Gasteiger partial charge in [0.15, 0.2) is 0 Å². The van der Waals surface area contributed by atoms with Crippen LogP contribution < -0.4 is 15.4 Å². The molecule has 1 saturated heterocycles. The third-order valence-electron chi connectivity index (χ3n) is 4.63. The Kier molecular flexibility index (Phi) is 5.33. The number of nitrogens with one attached hydrogen (secondary N) is 2. The highest BCUT2D eigenvalue weighted by atomic mass is 32.1. The standard InChI is InChI=1S/C19H18N4O4S/c1-3-19(13-4-6-14(27-2)7-5-13)17(25)23(18(26)22-19)11-15(24)21-16-12(10-20)8-9-28-16/h4-9H,3,11H2,1-2H3,(H,21,24)(H,22,26). The number of imide groups is 1. The second-order valence-corrected chi connectivity index (χ2v) is 7.05. The summed E-state index contributed by atoms with van der Waals surface area (Å²) in [4.78, 5) is 38.8. The lowest BCUT2D eigenvalue weighted by molar-refractivity contribution is -0.134. The second kappa shape index (κ2) is 7.70. The normalized spacial score (nSPS) is 18.5. The summed E-state index contributed by atoms with van der Waals surface area (Å²) in [5, 5.41) is 16.4. The molecule has 1 aromatic carbocycles. The Balaban J connectivity index is 1.79. The van der Waals surface area contributed by atoms with Crippen LogP contribution in [0.15, 0.2) is 35.7 Å². The molecule has 2 N–H and O–H groups in total. The number of nitriles is 1. The van der Waals surface area contributed by atoms with Gasteiger partial charge in [0, 0.05) is 0 Å². The first-order chi connectivity index (χ1) is 13.4. The van der Waals surface area contributed by atoms with Crippen LogP contribution in [0.2, 0.25) is 0 Å². The first kappa shape index (κ1) is 19.4. The Morgan fingerprint density at radius 1 is 1.32 bits per heavy atom. The molecule has 1 atom stereocenters. The molecule has 8 nitrogen and oxygen atoms in total. The summed E-state index contributed by atoms with van der Waals surface area (Å²) in [6, 6.07) is 9.77.